The van der Waals surface area contributed by atoms with Crippen LogP contribution < -0.4 is 4.74 Å². The van der Waals surface area contributed by atoms with Crippen molar-refractivity contribution < 1.29 is 22.7 Å². The van der Waals surface area contributed by atoms with E-state index in [1.165, 1.54) is 15.2 Å². The van der Waals surface area contributed by atoms with Crippen molar-refractivity contribution in [3.05, 3.63) is 66.6 Å². The number of nitrogens with zero attached hydrogens (tertiary/aromatic N) is 4. The van der Waals surface area contributed by atoms with Crippen LogP contribution in [0.4, 0.5) is 4.79 Å². The van der Waals surface area contributed by atoms with Gasteiger partial charge in [-0.3, -0.25) is 0 Å². The Hall–Kier alpha value is -3.21. The summed E-state index contributed by atoms with van der Waals surface area (Å²) in [6.07, 6.45) is 2.58. The fourth-order valence-corrected chi connectivity index (χ4v) is 5.13. The molecule has 0 spiro atoms. The topological polar surface area (TPSA) is 94.0 Å². The maximum absolute atomic E-state index is 12.9. The van der Waals surface area contributed by atoms with Crippen LogP contribution in [0.2, 0.25) is 0 Å². The number of carbonyl (C=O) groups is 1. The second-order valence-electron chi connectivity index (χ2n) is 9.81. The van der Waals surface area contributed by atoms with Crippen molar-refractivity contribution in [2.45, 2.75) is 37.9 Å². The second kappa shape index (κ2) is 10.4. The quantitative estimate of drug-likeness (QED) is 0.495. The molecule has 1 saturated heterocycles. The first kappa shape index (κ1) is 25.9. The smallest absolute Gasteiger partial charge is 0.419 e. The van der Waals surface area contributed by atoms with Crippen molar-refractivity contribution in [1.82, 2.24) is 18.8 Å². The minimum absolute atomic E-state index is 0.297. The predicted octanol–water partition coefficient (Wildman–Crippen LogP) is 3.85. The van der Waals surface area contributed by atoms with Gasteiger partial charge < -0.3 is 14.4 Å². The molecule has 0 N–H and O–H groups in total. The number of aromatic nitrogens is 2. The summed E-state index contributed by atoms with van der Waals surface area (Å²) in [5, 5.41) is 0. The highest BCUT2D eigenvalue weighted by atomic mass is 32.2. The van der Waals surface area contributed by atoms with E-state index in [9.17, 15) is 13.2 Å². The third kappa shape index (κ3) is 6.31. The standard InChI is InChI=1S/C26H32N4O5S/c1-26(2,3)35-25(31)29-17-24(27-19-29)21-7-9-22(10-8-21)34-18-20-5-11-23(12-6-20)36(32,33)30-15-13-28(4)14-16-30/h5-12,17,19H,13-16,18H2,1-4H3. The van der Waals surface area contributed by atoms with Crippen molar-refractivity contribution >= 4 is 16.1 Å². The lowest BCUT2D eigenvalue weighted by Crippen LogP contribution is -2.46. The Morgan fingerprint density at radius 3 is 2.22 bits per heavy atom. The minimum atomic E-state index is -3.48. The van der Waals surface area contributed by atoms with E-state index in [1.54, 1.807) is 30.5 Å². The molecule has 1 aromatic heterocycles. The molecule has 0 unspecified atom stereocenters. The van der Waals surface area contributed by atoms with Gasteiger partial charge in [-0.15, -0.1) is 0 Å². The van der Waals surface area contributed by atoms with Gasteiger partial charge in [0.25, 0.3) is 0 Å². The molecule has 1 aliphatic rings. The Balaban J connectivity index is 1.34. The Kier molecular flexibility index (Phi) is 7.49. The molecule has 1 aliphatic heterocycles. The van der Waals surface area contributed by atoms with E-state index in [0.29, 0.717) is 36.0 Å². The van der Waals surface area contributed by atoms with Gasteiger partial charge in [-0.2, -0.15) is 4.31 Å². The highest BCUT2D eigenvalue weighted by Crippen LogP contribution is 2.23. The van der Waals surface area contributed by atoms with E-state index in [-0.39, 0.29) is 0 Å². The molecule has 4 rings (SSSR count). The summed E-state index contributed by atoms with van der Waals surface area (Å²) in [6, 6.07) is 14.2. The largest absolute Gasteiger partial charge is 0.489 e. The van der Waals surface area contributed by atoms with Crippen LogP contribution in [0.1, 0.15) is 26.3 Å². The maximum atomic E-state index is 12.9. The number of likely N-dealkylation sites (N-methyl/N-ethyl adjacent to an activating group) is 1. The number of carbonyl (C=O) groups excluding carboxylic acids is 1. The average Bonchev–Trinajstić information content (AvgIpc) is 3.33. The lowest BCUT2D eigenvalue weighted by atomic mass is 10.1. The SMILES string of the molecule is CN1CCN(S(=O)(=O)c2ccc(COc3ccc(-c4cn(C(=O)OC(C)(C)C)cn4)cc3)cc2)CC1. The van der Waals surface area contributed by atoms with Crippen LogP contribution in [0.5, 0.6) is 5.75 Å². The molecule has 0 atom stereocenters. The number of piperazine rings is 1. The molecule has 192 valence electrons. The summed E-state index contributed by atoms with van der Waals surface area (Å²) in [5.74, 6) is 0.666. The van der Waals surface area contributed by atoms with Crippen LogP contribution in [0, 0.1) is 0 Å². The van der Waals surface area contributed by atoms with Gasteiger partial charge >= 0.3 is 6.09 Å². The summed E-state index contributed by atoms with van der Waals surface area (Å²) in [5.41, 5.74) is 1.76. The summed E-state index contributed by atoms with van der Waals surface area (Å²) in [6.45, 7) is 8.21. The normalized spacial score (nSPS) is 15.6. The van der Waals surface area contributed by atoms with Crippen molar-refractivity contribution in [3.8, 4) is 17.0 Å². The molecule has 2 aromatic carbocycles. The van der Waals surface area contributed by atoms with E-state index in [0.717, 1.165) is 24.2 Å². The molecule has 2 heterocycles. The van der Waals surface area contributed by atoms with E-state index in [4.69, 9.17) is 9.47 Å². The molecule has 36 heavy (non-hydrogen) atoms. The number of benzene rings is 2. The molecule has 0 aliphatic carbocycles. The summed E-state index contributed by atoms with van der Waals surface area (Å²) >= 11 is 0. The predicted molar refractivity (Wildman–Crippen MR) is 136 cm³/mol. The fourth-order valence-electron chi connectivity index (χ4n) is 3.71. The van der Waals surface area contributed by atoms with Crippen LogP contribution in [-0.4, -0.2) is 72.1 Å². The first-order valence-corrected chi connectivity index (χ1v) is 13.2. The van der Waals surface area contributed by atoms with Gasteiger partial charge in [0.15, 0.2) is 0 Å². The molecule has 0 bridgehead atoms. The van der Waals surface area contributed by atoms with E-state index < -0.39 is 21.7 Å². The highest BCUT2D eigenvalue weighted by Gasteiger charge is 2.27. The first-order valence-electron chi connectivity index (χ1n) is 11.8. The summed E-state index contributed by atoms with van der Waals surface area (Å²) in [7, 11) is -1.49. The lowest BCUT2D eigenvalue weighted by Gasteiger charge is -2.31. The van der Waals surface area contributed by atoms with Gasteiger partial charge in [-0.25, -0.2) is 22.8 Å². The van der Waals surface area contributed by atoms with E-state index in [2.05, 4.69) is 9.88 Å². The molecule has 0 amide bonds. The van der Waals surface area contributed by atoms with Crippen molar-refractivity contribution in [1.29, 1.82) is 0 Å². The third-order valence-electron chi connectivity index (χ3n) is 5.77. The molecule has 9 nitrogen and oxygen atoms in total. The number of hydrogen-bond donors (Lipinski definition) is 0. The number of sulfonamides is 1. The van der Waals surface area contributed by atoms with Gasteiger partial charge in [-0.1, -0.05) is 12.1 Å². The molecule has 3 aromatic rings. The van der Waals surface area contributed by atoms with Gasteiger partial charge in [0, 0.05) is 37.9 Å². The van der Waals surface area contributed by atoms with Gasteiger partial charge in [0.1, 0.15) is 24.3 Å². The van der Waals surface area contributed by atoms with Crippen LogP contribution >= 0.6 is 0 Å². The fraction of sp³-hybridized carbons (Fsp3) is 0.385. The lowest BCUT2D eigenvalue weighted by molar-refractivity contribution is 0.0536. The zero-order chi connectivity index (χ0) is 25.9. The van der Waals surface area contributed by atoms with Crippen LogP contribution in [0.15, 0.2) is 66.0 Å². The van der Waals surface area contributed by atoms with E-state index >= 15 is 0 Å². The number of ether oxygens (including phenoxy) is 2. The van der Waals surface area contributed by atoms with Crippen LogP contribution in [0.3, 0.4) is 0 Å². The van der Waals surface area contributed by atoms with E-state index in [1.807, 2.05) is 52.1 Å². The Bertz CT molecular complexity index is 1290. The zero-order valence-electron chi connectivity index (χ0n) is 21.0. The number of hydrogen-bond acceptors (Lipinski definition) is 7. The van der Waals surface area contributed by atoms with Gasteiger partial charge in [0.2, 0.25) is 10.0 Å². The van der Waals surface area contributed by atoms with Gasteiger partial charge in [0.05, 0.1) is 10.6 Å². The molecule has 10 heteroatoms. The van der Waals surface area contributed by atoms with Crippen LogP contribution in [-0.2, 0) is 21.4 Å². The summed E-state index contributed by atoms with van der Waals surface area (Å²) in [4.78, 5) is 18.9. The molecule has 1 fully saturated rings. The highest BCUT2D eigenvalue weighted by molar-refractivity contribution is 7.89. The Labute approximate surface area is 212 Å². The first-order chi connectivity index (χ1) is 17.0. The molecule has 0 saturated carbocycles. The number of rotatable bonds is 6. The average molecular weight is 513 g/mol. The maximum Gasteiger partial charge on any atom is 0.419 e. The third-order valence-corrected chi connectivity index (χ3v) is 7.68. The number of imidazole rings is 1. The van der Waals surface area contributed by atoms with Crippen molar-refractivity contribution in [3.63, 3.8) is 0 Å². The van der Waals surface area contributed by atoms with Gasteiger partial charge in [-0.05, 0) is 69.8 Å². The monoisotopic (exact) mass is 512 g/mol. The molecular weight excluding hydrogens is 480 g/mol. The van der Waals surface area contributed by atoms with Crippen LogP contribution in [0.25, 0.3) is 11.3 Å². The summed E-state index contributed by atoms with van der Waals surface area (Å²) < 4.78 is 39.8. The molecular formula is C26H32N4O5S. The zero-order valence-corrected chi connectivity index (χ0v) is 21.9. The second-order valence-corrected chi connectivity index (χ2v) is 11.7. The minimum Gasteiger partial charge on any atom is -0.489 e. The molecule has 0 radical (unpaired) electrons. The Morgan fingerprint density at radius 2 is 1.61 bits per heavy atom. The van der Waals surface area contributed by atoms with Crippen molar-refractivity contribution in [2.24, 2.45) is 0 Å². The Morgan fingerprint density at radius 1 is 0.972 bits per heavy atom. The van der Waals surface area contributed by atoms with Crippen molar-refractivity contribution in [2.75, 3.05) is 33.2 Å².